The molecule has 0 aliphatic carbocycles. The van der Waals surface area contributed by atoms with E-state index in [0.717, 1.165) is 30.3 Å². The van der Waals surface area contributed by atoms with Crippen molar-refractivity contribution in [1.29, 1.82) is 0 Å². The fraction of sp³-hybridized carbons (Fsp3) is 0.643. The lowest BCUT2D eigenvalue weighted by Crippen LogP contribution is -2.48. The number of amides is 1. The quantitative estimate of drug-likeness (QED) is 0.898. The van der Waals surface area contributed by atoms with Crippen LogP contribution in [-0.2, 0) is 6.54 Å². The number of carbonyl (C=O) groups excluding carboxylic acids is 1. The molecule has 4 nitrogen and oxygen atoms in total. The van der Waals surface area contributed by atoms with Gasteiger partial charge in [-0.15, -0.1) is 0 Å². The van der Waals surface area contributed by atoms with E-state index >= 15 is 0 Å². The summed E-state index contributed by atoms with van der Waals surface area (Å²) in [7, 11) is 0. The first-order valence-corrected chi connectivity index (χ1v) is 7.19. The Hall–Kier alpha value is -1.50. The Morgan fingerprint density at radius 3 is 2.62 bits per heavy atom. The van der Waals surface area contributed by atoms with Crippen LogP contribution >= 0.6 is 0 Å². The number of fused-ring (bicyclic) bond motifs is 2. The van der Waals surface area contributed by atoms with E-state index in [-0.39, 0.29) is 11.7 Å². The van der Waals surface area contributed by atoms with Crippen molar-refractivity contribution >= 4 is 5.91 Å². The van der Waals surface area contributed by atoms with Crippen LogP contribution in [0.2, 0.25) is 0 Å². The molecule has 7 heteroatoms. The molecule has 2 aliphatic heterocycles. The molecule has 2 N–H and O–H groups in total. The molecule has 2 saturated heterocycles. The normalized spacial score (nSPS) is 28.6. The first kappa shape index (κ1) is 14.4. The van der Waals surface area contributed by atoms with Gasteiger partial charge in [0.05, 0.1) is 0 Å². The minimum Gasteiger partial charge on any atom is -0.348 e. The van der Waals surface area contributed by atoms with Crippen molar-refractivity contribution in [2.75, 3.05) is 0 Å². The molecule has 0 radical (unpaired) electrons. The number of rotatable bonds is 3. The summed E-state index contributed by atoms with van der Waals surface area (Å²) in [6, 6.07) is 3.79. The molecule has 2 unspecified atom stereocenters. The SMILES string of the molecule is O=C(NC1CC2CCC(C1)N2)c1cccn1CC(F)(F)F. The van der Waals surface area contributed by atoms with E-state index in [4.69, 9.17) is 0 Å². The molecular formula is C14H18F3N3O. The highest BCUT2D eigenvalue weighted by molar-refractivity contribution is 5.93. The summed E-state index contributed by atoms with van der Waals surface area (Å²) in [5, 5.41) is 6.35. The number of aromatic nitrogens is 1. The van der Waals surface area contributed by atoms with E-state index in [1.54, 1.807) is 0 Å². The minimum atomic E-state index is -4.33. The maximum absolute atomic E-state index is 12.5. The number of piperidine rings is 1. The van der Waals surface area contributed by atoms with Gasteiger partial charge in [0.2, 0.25) is 0 Å². The number of hydrogen-bond acceptors (Lipinski definition) is 2. The third-order valence-electron chi connectivity index (χ3n) is 4.22. The van der Waals surface area contributed by atoms with Crippen LogP contribution in [0, 0.1) is 0 Å². The molecule has 2 atom stereocenters. The van der Waals surface area contributed by atoms with Gasteiger partial charge in [0.15, 0.2) is 0 Å². The fourth-order valence-corrected chi connectivity index (χ4v) is 3.39. The summed E-state index contributed by atoms with van der Waals surface area (Å²) in [4.78, 5) is 12.2. The third-order valence-corrected chi connectivity index (χ3v) is 4.22. The van der Waals surface area contributed by atoms with E-state index in [2.05, 4.69) is 10.6 Å². The average Bonchev–Trinajstić information content (AvgIpc) is 2.94. The lowest BCUT2D eigenvalue weighted by molar-refractivity contribution is -0.140. The second-order valence-electron chi connectivity index (χ2n) is 5.92. The summed E-state index contributed by atoms with van der Waals surface area (Å²) in [5.41, 5.74) is 0.0678. The van der Waals surface area contributed by atoms with E-state index in [9.17, 15) is 18.0 Å². The van der Waals surface area contributed by atoms with E-state index in [0.29, 0.717) is 12.1 Å². The van der Waals surface area contributed by atoms with E-state index in [1.807, 2.05) is 0 Å². The number of nitrogens with one attached hydrogen (secondary N) is 2. The summed E-state index contributed by atoms with van der Waals surface area (Å²) < 4.78 is 38.4. The topological polar surface area (TPSA) is 46.1 Å². The predicted molar refractivity (Wildman–Crippen MR) is 70.9 cm³/mol. The molecule has 1 amide bonds. The van der Waals surface area contributed by atoms with Crippen molar-refractivity contribution in [2.45, 2.75) is 56.5 Å². The summed E-state index contributed by atoms with van der Waals surface area (Å²) >= 11 is 0. The maximum Gasteiger partial charge on any atom is 0.406 e. The van der Waals surface area contributed by atoms with Gasteiger partial charge in [-0.25, -0.2) is 0 Å². The molecule has 1 aromatic rings. The Morgan fingerprint density at radius 1 is 1.33 bits per heavy atom. The maximum atomic E-state index is 12.5. The van der Waals surface area contributed by atoms with Crippen LogP contribution in [0.1, 0.15) is 36.2 Å². The van der Waals surface area contributed by atoms with Crippen molar-refractivity contribution < 1.29 is 18.0 Å². The van der Waals surface area contributed by atoms with Gasteiger partial charge in [0, 0.05) is 24.3 Å². The molecule has 2 bridgehead atoms. The van der Waals surface area contributed by atoms with E-state index < -0.39 is 18.6 Å². The fourth-order valence-electron chi connectivity index (χ4n) is 3.39. The Balaban J connectivity index is 1.64. The number of alkyl halides is 3. The second kappa shape index (κ2) is 5.36. The Labute approximate surface area is 120 Å². The number of carbonyl (C=O) groups is 1. The van der Waals surface area contributed by atoms with Crippen molar-refractivity contribution in [3.63, 3.8) is 0 Å². The molecular weight excluding hydrogens is 283 g/mol. The largest absolute Gasteiger partial charge is 0.406 e. The first-order chi connectivity index (χ1) is 9.90. The molecule has 116 valence electrons. The van der Waals surface area contributed by atoms with Gasteiger partial charge in [-0.3, -0.25) is 4.79 Å². The lowest BCUT2D eigenvalue weighted by Gasteiger charge is -2.29. The smallest absolute Gasteiger partial charge is 0.348 e. The summed E-state index contributed by atoms with van der Waals surface area (Å²) in [6.45, 7) is -1.14. The van der Waals surface area contributed by atoms with Crippen molar-refractivity contribution in [3.05, 3.63) is 24.0 Å². The van der Waals surface area contributed by atoms with Crippen LogP contribution < -0.4 is 10.6 Å². The van der Waals surface area contributed by atoms with Crippen LogP contribution in [-0.4, -0.2) is 34.8 Å². The van der Waals surface area contributed by atoms with Crippen LogP contribution in [0.15, 0.2) is 18.3 Å². The van der Waals surface area contributed by atoms with Crippen molar-refractivity contribution in [3.8, 4) is 0 Å². The van der Waals surface area contributed by atoms with Crippen LogP contribution in [0.4, 0.5) is 13.2 Å². The lowest BCUT2D eigenvalue weighted by atomic mass is 10.00. The monoisotopic (exact) mass is 301 g/mol. The van der Waals surface area contributed by atoms with Crippen molar-refractivity contribution in [1.82, 2.24) is 15.2 Å². The highest BCUT2D eigenvalue weighted by Gasteiger charge is 2.35. The molecule has 0 aromatic carbocycles. The van der Waals surface area contributed by atoms with Gasteiger partial charge < -0.3 is 15.2 Å². The Bertz CT molecular complexity index is 514. The molecule has 3 rings (SSSR count). The van der Waals surface area contributed by atoms with Gasteiger partial charge in [0.1, 0.15) is 12.2 Å². The zero-order valence-electron chi connectivity index (χ0n) is 11.5. The molecule has 0 spiro atoms. The molecule has 2 fully saturated rings. The Morgan fingerprint density at radius 2 is 2.00 bits per heavy atom. The molecule has 21 heavy (non-hydrogen) atoms. The number of hydrogen-bond donors (Lipinski definition) is 2. The second-order valence-corrected chi connectivity index (χ2v) is 5.92. The van der Waals surface area contributed by atoms with Gasteiger partial charge in [0.25, 0.3) is 5.91 Å². The zero-order valence-corrected chi connectivity index (χ0v) is 11.5. The number of halogens is 3. The third kappa shape index (κ3) is 3.40. The van der Waals surface area contributed by atoms with Gasteiger partial charge in [-0.2, -0.15) is 13.2 Å². The highest BCUT2D eigenvalue weighted by atomic mass is 19.4. The van der Waals surface area contributed by atoms with Crippen LogP contribution in [0.5, 0.6) is 0 Å². The first-order valence-electron chi connectivity index (χ1n) is 7.19. The molecule has 0 saturated carbocycles. The molecule has 2 aliphatic rings. The predicted octanol–water partition coefficient (Wildman–Crippen LogP) is 2.06. The van der Waals surface area contributed by atoms with Gasteiger partial charge in [-0.1, -0.05) is 0 Å². The highest BCUT2D eigenvalue weighted by Crippen LogP contribution is 2.27. The van der Waals surface area contributed by atoms with Crippen molar-refractivity contribution in [2.24, 2.45) is 0 Å². The van der Waals surface area contributed by atoms with Crippen LogP contribution in [0.25, 0.3) is 0 Å². The Kier molecular flexibility index (Phi) is 3.69. The summed E-state index contributed by atoms with van der Waals surface area (Å²) in [5.74, 6) is -0.421. The van der Waals surface area contributed by atoms with Gasteiger partial charge in [-0.05, 0) is 37.8 Å². The van der Waals surface area contributed by atoms with Crippen LogP contribution in [0.3, 0.4) is 0 Å². The minimum absolute atomic E-state index is 0.0467. The van der Waals surface area contributed by atoms with E-state index in [1.165, 1.54) is 18.3 Å². The molecule has 1 aromatic heterocycles. The number of nitrogens with zero attached hydrogens (tertiary/aromatic N) is 1. The average molecular weight is 301 g/mol. The summed E-state index contributed by atoms with van der Waals surface area (Å²) in [6.07, 6.45) is 0.879. The standard InChI is InChI=1S/C14H18F3N3O/c15-14(16,17)8-20-5-1-2-12(20)13(21)19-11-6-9-3-4-10(7-11)18-9/h1-2,5,9-11,18H,3-4,6-8H2,(H,19,21). The van der Waals surface area contributed by atoms with Gasteiger partial charge >= 0.3 is 6.18 Å². The zero-order chi connectivity index (χ0) is 15.0. The molecule has 3 heterocycles.